The summed E-state index contributed by atoms with van der Waals surface area (Å²) >= 11 is 0. The third kappa shape index (κ3) is 5.08. The fraction of sp³-hybridized carbons (Fsp3) is 0.722. The van der Waals surface area contributed by atoms with Gasteiger partial charge >= 0.3 is 0 Å². The van der Waals surface area contributed by atoms with E-state index in [1.807, 2.05) is 4.57 Å². The smallest absolute Gasteiger partial charge is 0.223 e. The summed E-state index contributed by atoms with van der Waals surface area (Å²) in [7, 11) is 4.31. The standard InChI is InChI=1S/C18H31N3O2/c1-14(2)5-10-21-13-18(23)17(22)11-16(21)12-20(4)15-6-8-19(3)9-7-15/h11,13-15,23H,5-10,12H2,1-4H3. The fourth-order valence-electron chi connectivity index (χ4n) is 3.16. The molecule has 0 radical (unpaired) electrons. The van der Waals surface area contributed by atoms with Gasteiger partial charge in [-0.3, -0.25) is 9.69 Å². The molecular weight excluding hydrogens is 290 g/mol. The lowest BCUT2D eigenvalue weighted by molar-refractivity contribution is 0.136. The van der Waals surface area contributed by atoms with Gasteiger partial charge in [0.1, 0.15) is 0 Å². The summed E-state index contributed by atoms with van der Waals surface area (Å²) in [5.41, 5.74) is 0.715. The monoisotopic (exact) mass is 321 g/mol. The molecule has 0 saturated carbocycles. The first-order valence-electron chi connectivity index (χ1n) is 8.68. The highest BCUT2D eigenvalue weighted by Gasteiger charge is 2.21. The Morgan fingerprint density at radius 3 is 2.61 bits per heavy atom. The van der Waals surface area contributed by atoms with Crippen molar-refractivity contribution in [2.45, 2.75) is 52.2 Å². The molecule has 0 bridgehead atoms. The number of piperidine rings is 1. The third-order valence-corrected chi connectivity index (χ3v) is 4.87. The molecule has 0 atom stereocenters. The number of nitrogens with zero attached hydrogens (tertiary/aromatic N) is 3. The van der Waals surface area contributed by atoms with Crippen LogP contribution in [0.25, 0.3) is 0 Å². The summed E-state index contributed by atoms with van der Waals surface area (Å²) in [5.74, 6) is 0.440. The number of likely N-dealkylation sites (tertiary alicyclic amines) is 1. The second-order valence-corrected chi connectivity index (χ2v) is 7.34. The zero-order valence-electron chi connectivity index (χ0n) is 15.0. The minimum atomic E-state index is -0.280. The van der Waals surface area contributed by atoms with E-state index < -0.39 is 0 Å². The van der Waals surface area contributed by atoms with Gasteiger partial charge in [0, 0.05) is 30.9 Å². The van der Waals surface area contributed by atoms with Crippen LogP contribution in [0.4, 0.5) is 0 Å². The van der Waals surface area contributed by atoms with Crippen molar-refractivity contribution in [3.8, 4) is 5.75 Å². The third-order valence-electron chi connectivity index (χ3n) is 4.87. The molecule has 0 spiro atoms. The minimum absolute atomic E-state index is 0.153. The van der Waals surface area contributed by atoms with Gasteiger partial charge in [-0.2, -0.15) is 0 Å². The van der Waals surface area contributed by atoms with Gasteiger partial charge in [-0.05, 0) is 52.4 Å². The molecule has 1 aliphatic heterocycles. The van der Waals surface area contributed by atoms with Crippen LogP contribution in [0.1, 0.15) is 38.8 Å². The number of hydrogen-bond acceptors (Lipinski definition) is 4. The van der Waals surface area contributed by atoms with Crippen molar-refractivity contribution in [3.05, 3.63) is 28.2 Å². The van der Waals surface area contributed by atoms with Gasteiger partial charge in [0.05, 0.1) is 6.20 Å². The lowest BCUT2D eigenvalue weighted by atomic mass is 10.0. The Bertz CT molecular complexity index is 560. The lowest BCUT2D eigenvalue weighted by Crippen LogP contribution is -2.42. The molecule has 1 aromatic rings. The highest BCUT2D eigenvalue weighted by Crippen LogP contribution is 2.17. The van der Waals surface area contributed by atoms with E-state index in [-0.39, 0.29) is 11.2 Å². The largest absolute Gasteiger partial charge is 0.503 e. The average Bonchev–Trinajstić information content (AvgIpc) is 2.49. The average molecular weight is 321 g/mol. The maximum atomic E-state index is 11.8. The molecule has 1 N–H and O–H groups in total. The zero-order valence-corrected chi connectivity index (χ0v) is 15.0. The van der Waals surface area contributed by atoms with Gasteiger partial charge in [0.25, 0.3) is 0 Å². The molecule has 130 valence electrons. The highest BCUT2D eigenvalue weighted by molar-refractivity contribution is 5.20. The molecule has 0 amide bonds. The molecule has 1 saturated heterocycles. The van der Waals surface area contributed by atoms with Crippen LogP contribution in [0.15, 0.2) is 17.1 Å². The van der Waals surface area contributed by atoms with Crippen LogP contribution in [0, 0.1) is 5.92 Å². The number of aryl methyl sites for hydroxylation is 1. The molecule has 0 aromatic carbocycles. The molecule has 2 heterocycles. The minimum Gasteiger partial charge on any atom is -0.503 e. The van der Waals surface area contributed by atoms with Crippen molar-refractivity contribution in [1.82, 2.24) is 14.4 Å². The van der Waals surface area contributed by atoms with Crippen LogP contribution >= 0.6 is 0 Å². The van der Waals surface area contributed by atoms with Gasteiger partial charge in [-0.15, -0.1) is 0 Å². The van der Waals surface area contributed by atoms with E-state index in [9.17, 15) is 9.90 Å². The Kier molecular flexibility index (Phi) is 6.25. The maximum absolute atomic E-state index is 11.8. The van der Waals surface area contributed by atoms with Crippen molar-refractivity contribution in [3.63, 3.8) is 0 Å². The van der Waals surface area contributed by atoms with E-state index in [0.717, 1.165) is 38.3 Å². The Hall–Kier alpha value is -1.33. The number of aromatic nitrogens is 1. The number of aromatic hydroxyl groups is 1. The van der Waals surface area contributed by atoms with Crippen LogP contribution in [0.5, 0.6) is 5.75 Å². The molecule has 0 unspecified atom stereocenters. The predicted molar refractivity (Wildman–Crippen MR) is 93.8 cm³/mol. The van der Waals surface area contributed by atoms with E-state index in [2.05, 4.69) is 37.7 Å². The number of pyridine rings is 1. The molecule has 1 aromatic heterocycles. The highest BCUT2D eigenvalue weighted by atomic mass is 16.3. The van der Waals surface area contributed by atoms with Crippen molar-refractivity contribution in [2.24, 2.45) is 5.92 Å². The normalized spacial score (nSPS) is 17.3. The Labute approximate surface area is 139 Å². The molecule has 1 aliphatic rings. The molecule has 2 rings (SSSR count). The SMILES string of the molecule is CC(C)CCn1cc(O)c(=O)cc1CN(C)C1CCN(C)CC1. The molecule has 23 heavy (non-hydrogen) atoms. The molecule has 5 heteroatoms. The fourth-order valence-corrected chi connectivity index (χ4v) is 3.16. The van der Waals surface area contributed by atoms with Gasteiger partial charge < -0.3 is 14.6 Å². The van der Waals surface area contributed by atoms with Crippen molar-refractivity contribution in [2.75, 3.05) is 27.2 Å². The van der Waals surface area contributed by atoms with Crippen molar-refractivity contribution >= 4 is 0 Å². The Morgan fingerprint density at radius 2 is 2.00 bits per heavy atom. The van der Waals surface area contributed by atoms with Crippen LogP contribution in [0.3, 0.4) is 0 Å². The van der Waals surface area contributed by atoms with Crippen LogP contribution in [-0.4, -0.2) is 52.7 Å². The van der Waals surface area contributed by atoms with Crippen LogP contribution < -0.4 is 5.43 Å². The Balaban J connectivity index is 2.10. The Morgan fingerprint density at radius 1 is 1.35 bits per heavy atom. The van der Waals surface area contributed by atoms with Gasteiger partial charge in [-0.1, -0.05) is 13.8 Å². The lowest BCUT2D eigenvalue weighted by Gasteiger charge is -2.35. The zero-order chi connectivity index (χ0) is 17.0. The van der Waals surface area contributed by atoms with Crippen molar-refractivity contribution in [1.29, 1.82) is 0 Å². The summed E-state index contributed by atoms with van der Waals surface area (Å²) in [6.45, 7) is 8.22. The predicted octanol–water partition coefficient (Wildman–Crippen LogP) is 2.13. The van der Waals surface area contributed by atoms with Crippen LogP contribution in [-0.2, 0) is 13.1 Å². The van der Waals surface area contributed by atoms with Gasteiger partial charge in [0.15, 0.2) is 5.75 Å². The molecule has 0 aliphatic carbocycles. The molecule has 1 fully saturated rings. The molecular formula is C18H31N3O2. The second-order valence-electron chi connectivity index (χ2n) is 7.34. The van der Waals surface area contributed by atoms with Crippen LogP contribution in [0.2, 0.25) is 0 Å². The summed E-state index contributed by atoms with van der Waals surface area (Å²) in [6.07, 6.45) is 4.97. The topological polar surface area (TPSA) is 48.7 Å². The van der Waals surface area contributed by atoms with E-state index >= 15 is 0 Å². The first-order chi connectivity index (χ1) is 10.9. The quantitative estimate of drug-likeness (QED) is 0.872. The second kappa shape index (κ2) is 7.97. The van der Waals surface area contributed by atoms with E-state index in [1.165, 1.54) is 12.8 Å². The van der Waals surface area contributed by atoms with E-state index in [1.54, 1.807) is 12.3 Å². The summed E-state index contributed by atoms with van der Waals surface area (Å²) in [6, 6.07) is 2.16. The number of hydrogen-bond donors (Lipinski definition) is 1. The maximum Gasteiger partial charge on any atom is 0.223 e. The van der Waals surface area contributed by atoms with E-state index in [0.29, 0.717) is 12.0 Å². The summed E-state index contributed by atoms with van der Waals surface area (Å²) in [5, 5.41) is 9.75. The first kappa shape index (κ1) is 18.0. The number of rotatable bonds is 6. The summed E-state index contributed by atoms with van der Waals surface area (Å²) < 4.78 is 2.04. The van der Waals surface area contributed by atoms with Gasteiger partial charge in [0.2, 0.25) is 5.43 Å². The van der Waals surface area contributed by atoms with Gasteiger partial charge in [-0.25, -0.2) is 0 Å². The van der Waals surface area contributed by atoms with E-state index in [4.69, 9.17) is 0 Å². The van der Waals surface area contributed by atoms with Crippen molar-refractivity contribution < 1.29 is 5.11 Å². The first-order valence-corrected chi connectivity index (χ1v) is 8.68. The summed E-state index contributed by atoms with van der Waals surface area (Å²) in [4.78, 5) is 16.6. The molecule has 5 nitrogen and oxygen atoms in total.